The molecule has 0 amide bonds. The molecular formula is C14H21N3O4. The van der Waals surface area contributed by atoms with Crippen LogP contribution >= 0.6 is 0 Å². The van der Waals surface area contributed by atoms with E-state index in [4.69, 9.17) is 10.8 Å². The minimum absolute atomic E-state index is 0.0208. The van der Waals surface area contributed by atoms with Crippen molar-refractivity contribution in [2.75, 3.05) is 11.9 Å². The number of carboxylic acid groups (broad SMARTS) is 1. The molecule has 4 N–H and O–H groups in total. The van der Waals surface area contributed by atoms with Crippen molar-refractivity contribution in [3.05, 3.63) is 33.9 Å². The van der Waals surface area contributed by atoms with Gasteiger partial charge in [0, 0.05) is 24.4 Å². The lowest BCUT2D eigenvalue weighted by atomic mass is 10.0. The predicted octanol–water partition coefficient (Wildman–Crippen LogP) is 2.01. The number of rotatable bonds is 3. The number of non-ortho nitro benzene ring substituents is 1. The van der Waals surface area contributed by atoms with Crippen LogP contribution < -0.4 is 11.1 Å². The van der Waals surface area contributed by atoms with E-state index in [1.54, 1.807) is 26.0 Å². The lowest BCUT2D eigenvalue weighted by molar-refractivity contribution is -0.384. The topological polar surface area (TPSA) is 118 Å². The summed E-state index contributed by atoms with van der Waals surface area (Å²) in [5, 5.41) is 21.9. The van der Waals surface area contributed by atoms with E-state index in [1.165, 1.54) is 6.07 Å². The molecule has 0 radical (unpaired) electrons. The van der Waals surface area contributed by atoms with Crippen molar-refractivity contribution >= 4 is 17.3 Å². The van der Waals surface area contributed by atoms with Crippen molar-refractivity contribution in [2.24, 2.45) is 11.7 Å². The molecule has 7 nitrogen and oxygen atoms in total. The summed E-state index contributed by atoms with van der Waals surface area (Å²) in [6.45, 7) is 4.52. The number of nitro benzene ring substituents is 1. The van der Waals surface area contributed by atoms with Gasteiger partial charge in [-0.1, -0.05) is 13.8 Å². The molecule has 1 heterocycles. The second-order valence-electron chi connectivity index (χ2n) is 5.24. The van der Waals surface area contributed by atoms with Gasteiger partial charge in [0.1, 0.15) is 6.04 Å². The highest BCUT2D eigenvalue weighted by atomic mass is 16.6. The van der Waals surface area contributed by atoms with Crippen LogP contribution in [0.25, 0.3) is 0 Å². The van der Waals surface area contributed by atoms with Crippen LogP contribution in [0, 0.1) is 16.0 Å². The van der Waals surface area contributed by atoms with Crippen LogP contribution in [0.3, 0.4) is 0 Å². The quantitative estimate of drug-likeness (QED) is 0.579. The number of aliphatic carboxylic acids is 1. The van der Waals surface area contributed by atoms with Gasteiger partial charge in [-0.3, -0.25) is 14.9 Å². The highest BCUT2D eigenvalue weighted by Gasteiger charge is 2.14. The molecule has 1 atom stereocenters. The van der Waals surface area contributed by atoms with E-state index in [0.29, 0.717) is 0 Å². The Kier molecular flexibility index (Phi) is 6.10. The van der Waals surface area contributed by atoms with E-state index in [-0.39, 0.29) is 16.5 Å². The highest BCUT2D eigenvalue weighted by molar-refractivity contribution is 5.73. The first-order chi connectivity index (χ1) is 9.82. The number of nitrogens with one attached hydrogen (secondary N) is 1. The van der Waals surface area contributed by atoms with Crippen LogP contribution in [0.5, 0.6) is 0 Å². The summed E-state index contributed by atoms with van der Waals surface area (Å²) in [4.78, 5) is 20.1. The average molecular weight is 295 g/mol. The minimum Gasteiger partial charge on any atom is -0.480 e. The van der Waals surface area contributed by atoms with Crippen molar-refractivity contribution in [1.82, 2.24) is 0 Å². The summed E-state index contributed by atoms with van der Waals surface area (Å²) in [7, 11) is 0. The van der Waals surface area contributed by atoms with E-state index in [9.17, 15) is 14.9 Å². The van der Waals surface area contributed by atoms with Crippen LogP contribution in [-0.2, 0) is 11.2 Å². The maximum atomic E-state index is 10.5. The van der Waals surface area contributed by atoms with Gasteiger partial charge in [0.2, 0.25) is 0 Å². The first kappa shape index (κ1) is 16.9. The summed E-state index contributed by atoms with van der Waals surface area (Å²) >= 11 is 0. The molecule has 0 saturated heterocycles. The molecular weight excluding hydrogens is 274 g/mol. The van der Waals surface area contributed by atoms with Crippen molar-refractivity contribution < 1.29 is 14.8 Å². The van der Waals surface area contributed by atoms with Crippen LogP contribution in [0.2, 0.25) is 0 Å². The predicted molar refractivity (Wildman–Crippen MR) is 80.4 cm³/mol. The van der Waals surface area contributed by atoms with Gasteiger partial charge in [0.05, 0.1) is 4.92 Å². The number of anilines is 1. The molecule has 7 heteroatoms. The Hall–Kier alpha value is -2.15. The van der Waals surface area contributed by atoms with Gasteiger partial charge in [-0.15, -0.1) is 0 Å². The third-order valence-electron chi connectivity index (χ3n) is 3.24. The number of carboxylic acids is 1. The second-order valence-corrected chi connectivity index (χ2v) is 5.24. The van der Waals surface area contributed by atoms with Gasteiger partial charge >= 0.3 is 5.97 Å². The number of hydrogen-bond donors (Lipinski definition) is 3. The molecule has 0 saturated carbocycles. The van der Waals surface area contributed by atoms with Crippen LogP contribution in [0.4, 0.5) is 11.4 Å². The molecule has 0 aromatic heterocycles. The van der Waals surface area contributed by atoms with Crippen LogP contribution in [0.15, 0.2) is 18.2 Å². The highest BCUT2D eigenvalue weighted by Crippen LogP contribution is 2.25. The van der Waals surface area contributed by atoms with Crippen molar-refractivity contribution in [1.29, 1.82) is 0 Å². The number of carbonyl (C=O) groups is 1. The SMILES string of the molecule is CC(C)[C@H](N)C(=O)O.O=[N+]([O-])c1ccc2c(c1)CCCN2. The van der Waals surface area contributed by atoms with E-state index >= 15 is 0 Å². The van der Waals surface area contributed by atoms with Crippen molar-refractivity contribution in [2.45, 2.75) is 32.7 Å². The third kappa shape index (κ3) is 5.03. The van der Waals surface area contributed by atoms with E-state index < -0.39 is 12.0 Å². The Morgan fingerprint density at radius 2 is 2.14 bits per heavy atom. The fourth-order valence-corrected chi connectivity index (χ4v) is 1.86. The number of aryl methyl sites for hydroxylation is 1. The smallest absolute Gasteiger partial charge is 0.320 e. The number of nitrogens with two attached hydrogens (primary N) is 1. The first-order valence-electron chi connectivity index (χ1n) is 6.82. The molecule has 1 aromatic rings. The van der Waals surface area contributed by atoms with Crippen molar-refractivity contribution in [3.63, 3.8) is 0 Å². The largest absolute Gasteiger partial charge is 0.480 e. The molecule has 0 fully saturated rings. The summed E-state index contributed by atoms with van der Waals surface area (Å²) in [5.74, 6) is -0.910. The second kappa shape index (κ2) is 7.58. The third-order valence-corrected chi connectivity index (χ3v) is 3.24. The van der Waals surface area contributed by atoms with Gasteiger partial charge in [-0.05, 0) is 30.4 Å². The Morgan fingerprint density at radius 1 is 1.48 bits per heavy atom. The molecule has 2 rings (SSSR count). The summed E-state index contributed by atoms with van der Waals surface area (Å²) in [6, 6.07) is 4.26. The van der Waals surface area contributed by atoms with Crippen molar-refractivity contribution in [3.8, 4) is 0 Å². The number of nitrogens with zero attached hydrogens (tertiary/aromatic N) is 1. The number of nitro groups is 1. The molecule has 1 aliphatic rings. The standard InChI is InChI=1S/C9H10N2O2.C5H11NO2/c12-11(13)8-3-4-9-7(6-8)2-1-5-10-9;1-3(2)4(6)5(7)8/h3-4,6,10H,1-2,5H2;3-4H,6H2,1-2H3,(H,7,8)/t;4-/m.0/s1. The van der Waals surface area contributed by atoms with E-state index in [0.717, 1.165) is 30.6 Å². The number of benzene rings is 1. The van der Waals surface area contributed by atoms with E-state index in [1.807, 2.05) is 0 Å². The normalized spacial score (nSPS) is 14.3. The summed E-state index contributed by atoms with van der Waals surface area (Å²) in [6.07, 6.45) is 1.98. The van der Waals surface area contributed by atoms with Gasteiger partial charge in [0.25, 0.3) is 5.69 Å². The monoisotopic (exact) mass is 295 g/mol. The molecule has 0 spiro atoms. The molecule has 0 bridgehead atoms. The zero-order valence-corrected chi connectivity index (χ0v) is 12.2. The maximum absolute atomic E-state index is 10.5. The summed E-state index contributed by atoms with van der Waals surface area (Å²) < 4.78 is 0. The number of hydrogen-bond acceptors (Lipinski definition) is 5. The zero-order valence-electron chi connectivity index (χ0n) is 12.2. The molecule has 116 valence electrons. The Morgan fingerprint density at radius 3 is 2.62 bits per heavy atom. The van der Waals surface area contributed by atoms with Gasteiger partial charge in [-0.25, -0.2) is 0 Å². The molecule has 21 heavy (non-hydrogen) atoms. The Bertz CT molecular complexity index is 517. The molecule has 1 aromatic carbocycles. The molecule has 0 unspecified atom stereocenters. The molecule has 0 aliphatic carbocycles. The Balaban J connectivity index is 0.000000240. The number of fused-ring (bicyclic) bond motifs is 1. The average Bonchev–Trinajstić information content (AvgIpc) is 2.46. The van der Waals surface area contributed by atoms with Crippen LogP contribution in [0.1, 0.15) is 25.8 Å². The van der Waals surface area contributed by atoms with Crippen LogP contribution in [-0.4, -0.2) is 28.6 Å². The van der Waals surface area contributed by atoms with Gasteiger partial charge < -0.3 is 16.2 Å². The van der Waals surface area contributed by atoms with E-state index in [2.05, 4.69) is 5.32 Å². The molecule has 1 aliphatic heterocycles. The zero-order chi connectivity index (χ0) is 16.0. The lowest BCUT2D eigenvalue weighted by Crippen LogP contribution is -2.34. The van der Waals surface area contributed by atoms with Gasteiger partial charge in [-0.2, -0.15) is 0 Å². The fourth-order valence-electron chi connectivity index (χ4n) is 1.86. The Labute approximate surface area is 123 Å². The first-order valence-corrected chi connectivity index (χ1v) is 6.82. The maximum Gasteiger partial charge on any atom is 0.320 e. The summed E-state index contributed by atoms with van der Waals surface area (Å²) in [5.41, 5.74) is 7.44. The minimum atomic E-state index is -0.931. The van der Waals surface area contributed by atoms with Gasteiger partial charge in [0.15, 0.2) is 0 Å². The lowest BCUT2D eigenvalue weighted by Gasteiger charge is -2.16. The fraction of sp³-hybridized carbons (Fsp3) is 0.500.